The molecule has 1 aromatic carbocycles. The van der Waals surface area contributed by atoms with Gasteiger partial charge in [-0.05, 0) is 28.9 Å². The first-order chi connectivity index (χ1) is 7.93. The van der Waals surface area contributed by atoms with Gasteiger partial charge >= 0.3 is 0 Å². The van der Waals surface area contributed by atoms with E-state index < -0.39 is 0 Å². The average Bonchev–Trinajstić information content (AvgIpc) is 2.99. The molecule has 0 saturated heterocycles. The molecule has 0 fully saturated rings. The minimum Gasteiger partial charge on any atom is -0.0807 e. The van der Waals surface area contributed by atoms with Gasteiger partial charge in [0.15, 0.2) is 0 Å². The molecule has 4 atom stereocenters. The maximum absolute atomic E-state index is 2.48. The molecule has 78 valence electrons. The summed E-state index contributed by atoms with van der Waals surface area (Å²) in [6.07, 6.45) is 12.1. The molecule has 0 heteroatoms. The van der Waals surface area contributed by atoms with Gasteiger partial charge in [0.25, 0.3) is 0 Å². The summed E-state index contributed by atoms with van der Waals surface area (Å²) >= 11 is 0. The highest BCUT2D eigenvalue weighted by molar-refractivity contribution is 5.73. The fourth-order valence-corrected chi connectivity index (χ4v) is 3.53. The highest BCUT2D eigenvalue weighted by Gasteiger charge is 2.44. The van der Waals surface area contributed by atoms with Crippen molar-refractivity contribution < 1.29 is 0 Å². The van der Waals surface area contributed by atoms with E-state index in [9.17, 15) is 0 Å². The monoisotopic (exact) mass is 206 g/mol. The SMILES string of the molecule is C1=C[C@@H]2C=C(c3ccccc3)[C@H]3C=C[C@H]1[C@@H]23. The van der Waals surface area contributed by atoms with Gasteiger partial charge in [0.2, 0.25) is 0 Å². The Balaban J connectivity index is 1.82. The van der Waals surface area contributed by atoms with Crippen molar-refractivity contribution in [3.8, 4) is 0 Å². The van der Waals surface area contributed by atoms with E-state index in [4.69, 9.17) is 0 Å². The molecule has 0 unspecified atom stereocenters. The van der Waals surface area contributed by atoms with Crippen LogP contribution in [-0.2, 0) is 0 Å². The number of benzene rings is 1. The van der Waals surface area contributed by atoms with E-state index >= 15 is 0 Å². The largest absolute Gasteiger partial charge is 0.0807 e. The van der Waals surface area contributed by atoms with E-state index in [1.54, 1.807) is 5.57 Å². The van der Waals surface area contributed by atoms with E-state index in [1.807, 2.05) is 0 Å². The highest BCUT2D eigenvalue weighted by atomic mass is 14.5. The summed E-state index contributed by atoms with van der Waals surface area (Å²) in [6, 6.07) is 10.8. The Morgan fingerprint density at radius 1 is 0.750 bits per heavy atom. The van der Waals surface area contributed by atoms with Gasteiger partial charge < -0.3 is 0 Å². The van der Waals surface area contributed by atoms with E-state index in [0.717, 1.165) is 5.92 Å². The third kappa shape index (κ3) is 0.996. The Hall–Kier alpha value is -1.56. The molecule has 1 aromatic rings. The zero-order valence-corrected chi connectivity index (χ0v) is 9.08. The summed E-state index contributed by atoms with van der Waals surface area (Å²) in [5.41, 5.74) is 2.94. The van der Waals surface area contributed by atoms with Crippen LogP contribution in [0.3, 0.4) is 0 Å². The van der Waals surface area contributed by atoms with Crippen LogP contribution in [0.1, 0.15) is 5.56 Å². The number of rotatable bonds is 1. The normalized spacial score (nSPS) is 37.9. The van der Waals surface area contributed by atoms with Crippen molar-refractivity contribution in [2.24, 2.45) is 23.7 Å². The third-order valence-corrected chi connectivity index (χ3v) is 4.24. The van der Waals surface area contributed by atoms with Crippen LogP contribution in [-0.4, -0.2) is 0 Å². The number of allylic oxidation sites excluding steroid dienone is 6. The summed E-state index contributed by atoms with van der Waals surface area (Å²) in [5.74, 6) is 2.84. The first-order valence-corrected chi connectivity index (χ1v) is 6.07. The lowest BCUT2D eigenvalue weighted by atomic mass is 9.85. The Morgan fingerprint density at radius 3 is 2.38 bits per heavy atom. The lowest BCUT2D eigenvalue weighted by Crippen LogP contribution is -2.12. The van der Waals surface area contributed by atoms with Crippen LogP contribution in [0.25, 0.3) is 5.57 Å². The third-order valence-electron chi connectivity index (χ3n) is 4.24. The van der Waals surface area contributed by atoms with Gasteiger partial charge in [-0.3, -0.25) is 0 Å². The Bertz CT molecular complexity index is 504. The molecule has 0 saturated carbocycles. The zero-order chi connectivity index (χ0) is 10.5. The predicted octanol–water partition coefficient (Wildman–Crippen LogP) is 3.69. The number of hydrogen-bond donors (Lipinski definition) is 0. The lowest BCUT2D eigenvalue weighted by molar-refractivity contribution is 0.423. The smallest absolute Gasteiger partial charge is 0.00667 e. The molecule has 0 spiro atoms. The van der Waals surface area contributed by atoms with E-state index in [-0.39, 0.29) is 0 Å². The zero-order valence-electron chi connectivity index (χ0n) is 9.08. The molecule has 0 aromatic heterocycles. The second kappa shape index (κ2) is 2.98. The van der Waals surface area contributed by atoms with Crippen LogP contribution in [0.15, 0.2) is 60.7 Å². The van der Waals surface area contributed by atoms with Gasteiger partial charge in [-0.25, -0.2) is 0 Å². The summed E-state index contributed by atoms with van der Waals surface area (Å²) in [6.45, 7) is 0. The fraction of sp³-hybridized carbons (Fsp3) is 0.250. The Morgan fingerprint density at radius 2 is 1.50 bits per heavy atom. The fourth-order valence-electron chi connectivity index (χ4n) is 3.53. The van der Waals surface area contributed by atoms with Crippen molar-refractivity contribution >= 4 is 5.57 Å². The van der Waals surface area contributed by atoms with Crippen LogP contribution in [0, 0.1) is 23.7 Å². The molecule has 4 rings (SSSR count). The second-order valence-electron chi connectivity index (χ2n) is 5.02. The van der Waals surface area contributed by atoms with Crippen LogP contribution >= 0.6 is 0 Å². The van der Waals surface area contributed by atoms with Gasteiger partial charge in [-0.1, -0.05) is 60.7 Å². The minimum atomic E-state index is 0.660. The van der Waals surface area contributed by atoms with Crippen molar-refractivity contribution in [1.29, 1.82) is 0 Å². The van der Waals surface area contributed by atoms with E-state index in [0.29, 0.717) is 17.8 Å². The maximum atomic E-state index is 2.48. The number of hydrogen-bond acceptors (Lipinski definition) is 0. The van der Waals surface area contributed by atoms with Crippen LogP contribution < -0.4 is 0 Å². The van der Waals surface area contributed by atoms with Crippen molar-refractivity contribution in [3.05, 3.63) is 66.3 Å². The predicted molar refractivity (Wildman–Crippen MR) is 66.7 cm³/mol. The summed E-state index contributed by atoms with van der Waals surface area (Å²) in [7, 11) is 0. The van der Waals surface area contributed by atoms with Gasteiger partial charge in [0.1, 0.15) is 0 Å². The first kappa shape index (κ1) is 8.58. The summed E-state index contributed by atoms with van der Waals surface area (Å²) in [4.78, 5) is 0. The van der Waals surface area contributed by atoms with Gasteiger partial charge in [0.05, 0.1) is 0 Å². The van der Waals surface area contributed by atoms with Crippen LogP contribution in [0.2, 0.25) is 0 Å². The van der Waals surface area contributed by atoms with E-state index in [1.165, 1.54) is 5.56 Å². The molecular weight excluding hydrogens is 192 g/mol. The molecule has 0 bridgehead atoms. The van der Waals surface area contributed by atoms with Crippen molar-refractivity contribution in [3.63, 3.8) is 0 Å². The topological polar surface area (TPSA) is 0 Å². The lowest BCUT2D eigenvalue weighted by Gasteiger charge is -2.17. The van der Waals surface area contributed by atoms with Gasteiger partial charge in [-0.2, -0.15) is 0 Å². The van der Waals surface area contributed by atoms with Crippen molar-refractivity contribution in [1.82, 2.24) is 0 Å². The van der Waals surface area contributed by atoms with Crippen LogP contribution in [0.5, 0.6) is 0 Å². The van der Waals surface area contributed by atoms with Crippen molar-refractivity contribution in [2.75, 3.05) is 0 Å². The van der Waals surface area contributed by atoms with E-state index in [2.05, 4.69) is 60.7 Å². The molecule has 16 heavy (non-hydrogen) atoms. The molecule has 0 heterocycles. The standard InChI is InChI=1S/C16H14/c1-2-4-11(5-3-1)15-10-13-7-6-12-8-9-14(15)16(12)13/h1-10,12-14,16H/t12-,13+,14+,16-/m0/s1. The Labute approximate surface area is 96.0 Å². The second-order valence-corrected chi connectivity index (χ2v) is 5.02. The Kier molecular flexibility index (Phi) is 1.59. The minimum absolute atomic E-state index is 0.660. The molecule has 0 radical (unpaired) electrons. The summed E-state index contributed by atoms with van der Waals surface area (Å²) in [5, 5.41) is 0. The molecule has 0 aliphatic heterocycles. The maximum Gasteiger partial charge on any atom is 0.00667 e. The van der Waals surface area contributed by atoms with Gasteiger partial charge in [0, 0.05) is 5.92 Å². The van der Waals surface area contributed by atoms with Crippen molar-refractivity contribution in [2.45, 2.75) is 0 Å². The first-order valence-electron chi connectivity index (χ1n) is 6.07. The molecule has 0 nitrogen and oxygen atoms in total. The summed E-state index contributed by atoms with van der Waals surface area (Å²) < 4.78 is 0. The molecular formula is C16H14. The molecule has 0 amide bonds. The highest BCUT2D eigenvalue weighted by Crippen LogP contribution is 2.53. The molecule has 3 aliphatic rings. The molecule has 0 N–H and O–H groups in total. The average molecular weight is 206 g/mol. The molecule has 3 aliphatic carbocycles. The van der Waals surface area contributed by atoms with Gasteiger partial charge in [-0.15, -0.1) is 0 Å². The quantitative estimate of drug-likeness (QED) is 0.615. The van der Waals surface area contributed by atoms with Crippen LogP contribution in [0.4, 0.5) is 0 Å².